The van der Waals surface area contributed by atoms with Crippen LogP contribution in [0.5, 0.6) is 0 Å². The summed E-state index contributed by atoms with van der Waals surface area (Å²) in [6.07, 6.45) is 1.41. The van der Waals surface area contributed by atoms with Crippen LogP contribution in [0.1, 0.15) is 25.7 Å². The lowest BCUT2D eigenvalue weighted by Crippen LogP contribution is -2.50. The molecule has 10 heteroatoms. The molecule has 1 N–H and O–H groups in total. The number of carbonyl (C=O) groups is 2. The molecule has 2 amide bonds. The number of aryl methyl sites for hydroxylation is 1. The Morgan fingerprint density at radius 2 is 1.67 bits per heavy atom. The van der Waals surface area contributed by atoms with E-state index in [9.17, 15) is 18.8 Å². The highest BCUT2D eigenvalue weighted by Gasteiger charge is 2.27. The zero-order valence-corrected chi connectivity index (χ0v) is 18.6. The Kier molecular flexibility index (Phi) is 5.29. The predicted molar refractivity (Wildman–Crippen MR) is 123 cm³/mol. The standard InChI is InChI=1S/C23H20FN5O3S/c1-14-18-12-19(33-23(18)29(26-14)17-5-3-16(24)4-6-17)22(32)28-10-8-27(9-11-28)21(31)15-2-7-20(30)25-13-15/h2-7,12-13H,8-11H2,1H3,(H,25,30). The van der Waals surface area contributed by atoms with Gasteiger partial charge in [0.15, 0.2) is 0 Å². The Balaban J connectivity index is 1.32. The van der Waals surface area contributed by atoms with Crippen molar-refractivity contribution in [1.29, 1.82) is 0 Å². The maximum Gasteiger partial charge on any atom is 0.264 e. The van der Waals surface area contributed by atoms with Gasteiger partial charge in [0.2, 0.25) is 5.56 Å². The molecule has 168 valence electrons. The number of halogens is 1. The van der Waals surface area contributed by atoms with Gasteiger partial charge in [-0.15, -0.1) is 11.3 Å². The first-order valence-electron chi connectivity index (χ1n) is 10.4. The molecule has 8 nitrogen and oxygen atoms in total. The summed E-state index contributed by atoms with van der Waals surface area (Å²) in [7, 11) is 0. The molecule has 0 spiro atoms. The number of hydrogen-bond acceptors (Lipinski definition) is 5. The smallest absolute Gasteiger partial charge is 0.264 e. The minimum absolute atomic E-state index is 0.0857. The van der Waals surface area contributed by atoms with E-state index in [0.29, 0.717) is 36.6 Å². The highest BCUT2D eigenvalue weighted by Crippen LogP contribution is 2.31. The molecule has 4 aromatic rings. The van der Waals surface area contributed by atoms with Crippen molar-refractivity contribution >= 4 is 33.4 Å². The van der Waals surface area contributed by atoms with E-state index in [1.54, 1.807) is 26.6 Å². The Labute approximate surface area is 191 Å². The average Bonchev–Trinajstić information content (AvgIpc) is 3.40. The fraction of sp³-hybridized carbons (Fsp3) is 0.217. The number of nitrogens with one attached hydrogen (secondary N) is 1. The topological polar surface area (TPSA) is 91.3 Å². The van der Waals surface area contributed by atoms with E-state index in [2.05, 4.69) is 10.1 Å². The van der Waals surface area contributed by atoms with Crippen LogP contribution >= 0.6 is 11.3 Å². The molecule has 0 aliphatic carbocycles. The van der Waals surface area contributed by atoms with Crippen LogP contribution in [0.2, 0.25) is 0 Å². The van der Waals surface area contributed by atoms with E-state index in [1.165, 1.54) is 41.8 Å². The van der Waals surface area contributed by atoms with Gasteiger partial charge in [0.05, 0.1) is 21.8 Å². The monoisotopic (exact) mass is 465 g/mol. The van der Waals surface area contributed by atoms with Gasteiger partial charge in [-0.2, -0.15) is 5.10 Å². The third kappa shape index (κ3) is 3.93. The van der Waals surface area contributed by atoms with Crippen LogP contribution in [0.15, 0.2) is 53.5 Å². The maximum atomic E-state index is 13.3. The molecule has 3 aromatic heterocycles. The summed E-state index contributed by atoms with van der Waals surface area (Å²) in [6, 6.07) is 10.7. The number of fused-ring (bicyclic) bond motifs is 1. The number of pyridine rings is 1. The fourth-order valence-electron chi connectivity index (χ4n) is 3.90. The third-order valence-electron chi connectivity index (χ3n) is 5.71. The first-order valence-corrected chi connectivity index (χ1v) is 11.2. The molecular formula is C23H20FN5O3S. The summed E-state index contributed by atoms with van der Waals surface area (Å²) >= 11 is 1.35. The quantitative estimate of drug-likeness (QED) is 0.504. The SMILES string of the molecule is Cc1nn(-c2ccc(F)cc2)c2sc(C(=O)N3CCN(C(=O)c4ccc(=O)[nH]c4)CC3)cc12. The zero-order chi connectivity index (χ0) is 23.1. The number of amides is 2. The minimum Gasteiger partial charge on any atom is -0.335 e. The van der Waals surface area contributed by atoms with E-state index in [1.807, 2.05) is 13.0 Å². The summed E-state index contributed by atoms with van der Waals surface area (Å²) in [6.45, 7) is 3.55. The van der Waals surface area contributed by atoms with Crippen LogP contribution in [-0.2, 0) is 0 Å². The van der Waals surface area contributed by atoms with Gasteiger partial charge < -0.3 is 14.8 Å². The number of hydrogen-bond donors (Lipinski definition) is 1. The highest BCUT2D eigenvalue weighted by molar-refractivity contribution is 7.20. The van der Waals surface area contributed by atoms with Crippen molar-refractivity contribution in [3.8, 4) is 5.69 Å². The number of H-pyrrole nitrogens is 1. The maximum absolute atomic E-state index is 13.3. The van der Waals surface area contributed by atoms with Crippen molar-refractivity contribution in [1.82, 2.24) is 24.6 Å². The van der Waals surface area contributed by atoms with Gasteiger partial charge in [0.1, 0.15) is 10.6 Å². The van der Waals surface area contributed by atoms with Gasteiger partial charge in [-0.1, -0.05) is 0 Å². The van der Waals surface area contributed by atoms with Crippen LogP contribution < -0.4 is 5.56 Å². The number of aromatic nitrogens is 3. The van der Waals surface area contributed by atoms with Gasteiger partial charge in [-0.3, -0.25) is 14.4 Å². The Morgan fingerprint density at radius 3 is 2.30 bits per heavy atom. The second-order valence-electron chi connectivity index (χ2n) is 7.83. The molecule has 5 rings (SSSR count). The molecular weight excluding hydrogens is 445 g/mol. The van der Waals surface area contributed by atoms with Crippen molar-refractivity contribution in [3.63, 3.8) is 0 Å². The predicted octanol–water partition coefficient (Wildman–Crippen LogP) is 2.82. The summed E-state index contributed by atoms with van der Waals surface area (Å²) in [5.41, 5.74) is 1.67. The normalized spacial score (nSPS) is 14.1. The van der Waals surface area contributed by atoms with Gasteiger partial charge in [0, 0.05) is 43.8 Å². The first kappa shape index (κ1) is 21.1. The Bertz CT molecular complexity index is 1390. The molecule has 0 saturated carbocycles. The molecule has 33 heavy (non-hydrogen) atoms. The first-order chi connectivity index (χ1) is 15.9. The van der Waals surface area contributed by atoms with Gasteiger partial charge >= 0.3 is 0 Å². The molecule has 1 aliphatic rings. The second-order valence-corrected chi connectivity index (χ2v) is 8.86. The highest BCUT2D eigenvalue weighted by atomic mass is 32.1. The number of aromatic amines is 1. The average molecular weight is 466 g/mol. The van der Waals surface area contributed by atoms with E-state index in [4.69, 9.17) is 0 Å². The molecule has 1 fully saturated rings. The molecule has 0 bridgehead atoms. The summed E-state index contributed by atoms with van der Waals surface area (Å²) in [4.78, 5) is 44.4. The van der Waals surface area contributed by atoms with Crippen LogP contribution in [0.25, 0.3) is 15.9 Å². The van der Waals surface area contributed by atoms with Crippen molar-refractivity contribution in [2.24, 2.45) is 0 Å². The lowest BCUT2D eigenvalue weighted by molar-refractivity contribution is 0.0538. The molecule has 1 aliphatic heterocycles. The van der Waals surface area contributed by atoms with Gasteiger partial charge in [-0.05, 0) is 43.3 Å². The van der Waals surface area contributed by atoms with Gasteiger partial charge in [0.25, 0.3) is 11.8 Å². The number of rotatable bonds is 3. The molecule has 0 radical (unpaired) electrons. The second kappa shape index (κ2) is 8.28. The number of piperazine rings is 1. The number of carbonyl (C=O) groups excluding carboxylic acids is 2. The van der Waals surface area contributed by atoms with E-state index < -0.39 is 0 Å². The van der Waals surface area contributed by atoms with Crippen molar-refractivity contribution in [2.75, 3.05) is 26.2 Å². The van der Waals surface area contributed by atoms with Crippen molar-refractivity contribution < 1.29 is 14.0 Å². The summed E-state index contributed by atoms with van der Waals surface area (Å²) in [5, 5.41) is 5.43. The van der Waals surface area contributed by atoms with Crippen LogP contribution in [0.4, 0.5) is 4.39 Å². The Morgan fingerprint density at radius 1 is 1.00 bits per heavy atom. The summed E-state index contributed by atoms with van der Waals surface area (Å²) < 4.78 is 15.0. The van der Waals surface area contributed by atoms with Crippen molar-refractivity contribution in [3.05, 3.63) is 81.0 Å². The van der Waals surface area contributed by atoms with E-state index >= 15 is 0 Å². The van der Waals surface area contributed by atoms with E-state index in [0.717, 1.165) is 21.6 Å². The van der Waals surface area contributed by atoms with E-state index in [-0.39, 0.29) is 23.2 Å². The number of nitrogens with zero attached hydrogens (tertiary/aromatic N) is 4. The molecule has 4 heterocycles. The molecule has 1 aromatic carbocycles. The molecule has 0 atom stereocenters. The summed E-state index contributed by atoms with van der Waals surface area (Å²) in [5.74, 6) is -0.577. The van der Waals surface area contributed by atoms with Crippen LogP contribution in [0.3, 0.4) is 0 Å². The zero-order valence-electron chi connectivity index (χ0n) is 17.7. The third-order valence-corrected chi connectivity index (χ3v) is 6.81. The van der Waals surface area contributed by atoms with Gasteiger partial charge in [-0.25, -0.2) is 9.07 Å². The molecule has 0 unspecified atom stereocenters. The van der Waals surface area contributed by atoms with Crippen LogP contribution in [-0.4, -0.2) is 62.6 Å². The molecule has 1 saturated heterocycles. The Hall–Kier alpha value is -3.79. The largest absolute Gasteiger partial charge is 0.335 e. The lowest BCUT2D eigenvalue weighted by Gasteiger charge is -2.34. The van der Waals surface area contributed by atoms with Crippen molar-refractivity contribution in [2.45, 2.75) is 6.92 Å². The number of benzene rings is 1. The number of thiophene rings is 1. The fourth-order valence-corrected chi connectivity index (χ4v) is 5.06. The minimum atomic E-state index is -0.320. The lowest BCUT2D eigenvalue weighted by atomic mass is 10.2. The van der Waals surface area contributed by atoms with Crippen LogP contribution in [0, 0.1) is 12.7 Å².